The van der Waals surface area contributed by atoms with Gasteiger partial charge in [0, 0.05) is 12.1 Å². The third-order valence-corrected chi connectivity index (χ3v) is 4.13. The Morgan fingerprint density at radius 3 is 1.70 bits per heavy atom. The Kier molecular flexibility index (Phi) is 4.57. The first kappa shape index (κ1) is 18.0. The van der Waals surface area contributed by atoms with E-state index in [2.05, 4.69) is 0 Å². The van der Waals surface area contributed by atoms with Crippen LogP contribution in [0.3, 0.4) is 0 Å². The van der Waals surface area contributed by atoms with E-state index in [1.54, 1.807) is 0 Å². The van der Waals surface area contributed by atoms with Crippen molar-refractivity contribution in [3.05, 3.63) is 91.0 Å². The Balaban J connectivity index is 2.37. The van der Waals surface area contributed by atoms with Crippen LogP contribution in [0.25, 0.3) is 0 Å². The summed E-state index contributed by atoms with van der Waals surface area (Å²) in [6.45, 7) is 3.00. The Bertz CT molecular complexity index is 1100. The molecule has 2 heterocycles. The lowest BCUT2D eigenvalue weighted by molar-refractivity contribution is 0.407. The first-order valence-electron chi connectivity index (χ1n) is 7.99. The first-order chi connectivity index (χ1) is 12.8. The summed E-state index contributed by atoms with van der Waals surface area (Å²) in [6.07, 6.45) is 0. The molecule has 0 saturated heterocycles. The monoisotopic (exact) mass is 365 g/mol. The zero-order chi connectivity index (χ0) is 19.7. The quantitative estimate of drug-likeness (QED) is 0.731. The highest BCUT2D eigenvalue weighted by Crippen LogP contribution is 2.37. The van der Waals surface area contributed by atoms with Crippen LogP contribution in [0.5, 0.6) is 11.5 Å². The molecule has 0 fully saturated rings. The maximum absolute atomic E-state index is 12.5. The number of aromatic hydroxyl groups is 2. The van der Waals surface area contributed by atoms with Crippen LogP contribution < -0.4 is 11.3 Å². The van der Waals surface area contributed by atoms with Crippen molar-refractivity contribution < 1.29 is 19.0 Å². The van der Waals surface area contributed by atoms with E-state index in [0.29, 0.717) is 11.1 Å². The molecule has 1 aromatic carbocycles. The lowest BCUT2D eigenvalue weighted by Gasteiger charge is -2.18. The predicted octanol–water partition coefficient (Wildman–Crippen LogP) is 2.67. The molecule has 2 aromatic heterocycles. The maximum atomic E-state index is 12.5. The van der Waals surface area contributed by atoms with Crippen LogP contribution in [0.2, 0.25) is 0 Å². The number of rotatable bonds is 3. The fraction of sp³-hybridized carbons (Fsp3) is 0.150. The molecule has 0 aliphatic rings. The van der Waals surface area contributed by atoms with E-state index < -0.39 is 17.2 Å². The maximum Gasteiger partial charge on any atom is 0.343 e. The Hall–Kier alpha value is -3.79. The first-order valence-corrected chi connectivity index (χ1v) is 7.99. The summed E-state index contributed by atoms with van der Waals surface area (Å²) in [5.41, 5.74) is -1.35. The fourth-order valence-electron chi connectivity index (χ4n) is 2.97. The molecule has 3 rings (SSSR count). The van der Waals surface area contributed by atoms with Gasteiger partial charge in [0.15, 0.2) is 0 Å². The highest BCUT2D eigenvalue weighted by molar-refractivity contribution is 5.51. The van der Waals surface area contributed by atoms with Gasteiger partial charge in [-0.25, -0.2) is 9.59 Å². The van der Waals surface area contributed by atoms with Crippen LogP contribution in [-0.4, -0.2) is 10.2 Å². The minimum atomic E-state index is -1.15. The third kappa shape index (κ3) is 3.33. The van der Waals surface area contributed by atoms with Gasteiger partial charge in [-0.05, 0) is 31.5 Å². The fourth-order valence-corrected chi connectivity index (χ4v) is 2.97. The molecule has 0 radical (unpaired) electrons. The van der Waals surface area contributed by atoms with Crippen molar-refractivity contribution in [3.8, 4) is 17.6 Å². The SMILES string of the molecule is Cc1cc(O)c(C(c2ccc(C#N)cc2)c2c(O)cc(C)oc2=O)c(=O)o1. The van der Waals surface area contributed by atoms with Gasteiger partial charge in [0.05, 0.1) is 28.7 Å². The van der Waals surface area contributed by atoms with Crippen molar-refractivity contribution in [2.24, 2.45) is 0 Å². The second-order valence-electron chi connectivity index (χ2n) is 6.05. The molecule has 0 bridgehead atoms. The summed E-state index contributed by atoms with van der Waals surface area (Å²) in [4.78, 5) is 24.9. The molecule has 7 nitrogen and oxygen atoms in total. The van der Waals surface area contributed by atoms with E-state index >= 15 is 0 Å². The Morgan fingerprint density at radius 1 is 0.889 bits per heavy atom. The molecule has 27 heavy (non-hydrogen) atoms. The number of nitrogens with zero attached hydrogens (tertiary/aromatic N) is 1. The highest BCUT2D eigenvalue weighted by atomic mass is 16.4. The molecular weight excluding hydrogens is 350 g/mol. The second kappa shape index (κ2) is 6.84. The molecule has 0 aliphatic carbocycles. The van der Waals surface area contributed by atoms with E-state index in [1.165, 1.54) is 50.2 Å². The average Bonchev–Trinajstić information content (AvgIpc) is 2.59. The molecule has 0 saturated carbocycles. The number of hydrogen-bond acceptors (Lipinski definition) is 7. The smallest absolute Gasteiger partial charge is 0.343 e. The minimum absolute atomic E-state index is 0.194. The Morgan fingerprint density at radius 2 is 1.33 bits per heavy atom. The minimum Gasteiger partial charge on any atom is -0.507 e. The van der Waals surface area contributed by atoms with Gasteiger partial charge in [-0.1, -0.05) is 12.1 Å². The predicted molar refractivity (Wildman–Crippen MR) is 94.9 cm³/mol. The molecule has 3 aromatic rings. The van der Waals surface area contributed by atoms with Gasteiger partial charge >= 0.3 is 11.3 Å². The van der Waals surface area contributed by atoms with Crippen molar-refractivity contribution in [1.82, 2.24) is 0 Å². The van der Waals surface area contributed by atoms with Gasteiger partial charge in [-0.3, -0.25) is 0 Å². The summed E-state index contributed by atoms with van der Waals surface area (Å²) in [7, 11) is 0. The molecule has 2 N–H and O–H groups in total. The lowest BCUT2D eigenvalue weighted by Crippen LogP contribution is -2.21. The molecule has 136 valence electrons. The molecule has 7 heteroatoms. The van der Waals surface area contributed by atoms with E-state index in [-0.39, 0.29) is 34.1 Å². The van der Waals surface area contributed by atoms with Crippen LogP contribution in [0, 0.1) is 25.2 Å². The van der Waals surface area contributed by atoms with Crippen molar-refractivity contribution in [3.63, 3.8) is 0 Å². The van der Waals surface area contributed by atoms with Crippen LogP contribution in [0.15, 0.2) is 54.8 Å². The molecule has 0 atom stereocenters. The van der Waals surface area contributed by atoms with Gasteiger partial charge in [-0.15, -0.1) is 0 Å². The van der Waals surface area contributed by atoms with Crippen molar-refractivity contribution in [2.45, 2.75) is 19.8 Å². The van der Waals surface area contributed by atoms with E-state index in [4.69, 9.17) is 14.1 Å². The third-order valence-electron chi connectivity index (χ3n) is 4.13. The summed E-state index contributed by atoms with van der Waals surface area (Å²) >= 11 is 0. The second-order valence-corrected chi connectivity index (χ2v) is 6.05. The van der Waals surface area contributed by atoms with Crippen LogP contribution in [-0.2, 0) is 0 Å². The largest absolute Gasteiger partial charge is 0.507 e. The van der Waals surface area contributed by atoms with Crippen molar-refractivity contribution >= 4 is 0 Å². The van der Waals surface area contributed by atoms with Crippen LogP contribution in [0.4, 0.5) is 0 Å². The molecule has 0 unspecified atom stereocenters. The molecule has 0 amide bonds. The normalized spacial score (nSPS) is 10.7. The summed E-state index contributed by atoms with van der Waals surface area (Å²) < 4.78 is 10.2. The van der Waals surface area contributed by atoms with E-state index in [1.807, 2.05) is 6.07 Å². The van der Waals surface area contributed by atoms with Gasteiger partial charge in [0.1, 0.15) is 23.0 Å². The van der Waals surface area contributed by atoms with Crippen LogP contribution >= 0.6 is 0 Å². The lowest BCUT2D eigenvalue weighted by atomic mass is 9.85. The number of benzene rings is 1. The average molecular weight is 365 g/mol. The highest BCUT2D eigenvalue weighted by Gasteiger charge is 2.30. The van der Waals surface area contributed by atoms with Gasteiger partial charge in [0.25, 0.3) is 0 Å². The van der Waals surface area contributed by atoms with Gasteiger partial charge < -0.3 is 19.0 Å². The van der Waals surface area contributed by atoms with Crippen LogP contribution in [0.1, 0.15) is 39.7 Å². The standard InChI is InChI=1S/C20H15NO6/c1-10-7-14(22)17(19(24)26-10)16(13-5-3-12(9-21)4-6-13)18-15(23)8-11(2)27-20(18)25/h3-8,16,22-23H,1-2H3. The summed E-state index contributed by atoms with van der Waals surface area (Å²) in [6, 6.07) is 10.5. The van der Waals surface area contributed by atoms with Gasteiger partial charge in [-0.2, -0.15) is 5.26 Å². The summed E-state index contributed by atoms with van der Waals surface area (Å²) in [5, 5.41) is 29.7. The number of hydrogen-bond donors (Lipinski definition) is 2. The summed E-state index contributed by atoms with van der Waals surface area (Å²) in [5.74, 6) is -1.51. The van der Waals surface area contributed by atoms with Crippen molar-refractivity contribution in [2.75, 3.05) is 0 Å². The Labute approximate surface area is 153 Å². The van der Waals surface area contributed by atoms with Crippen molar-refractivity contribution in [1.29, 1.82) is 5.26 Å². The zero-order valence-corrected chi connectivity index (χ0v) is 14.5. The molecule has 0 aliphatic heterocycles. The molecular formula is C20H15NO6. The number of nitriles is 1. The van der Waals surface area contributed by atoms with E-state index in [9.17, 15) is 19.8 Å². The topological polar surface area (TPSA) is 125 Å². The number of aryl methyl sites for hydroxylation is 2. The van der Waals surface area contributed by atoms with E-state index in [0.717, 1.165) is 0 Å². The zero-order valence-electron chi connectivity index (χ0n) is 14.5. The molecule has 0 spiro atoms. The van der Waals surface area contributed by atoms with Gasteiger partial charge in [0.2, 0.25) is 0 Å².